The van der Waals surface area contributed by atoms with Gasteiger partial charge in [0.1, 0.15) is 0 Å². The second-order valence-electron chi connectivity index (χ2n) is 10.3. The van der Waals surface area contributed by atoms with Crippen molar-refractivity contribution in [3.05, 3.63) is 30.0 Å². The van der Waals surface area contributed by atoms with E-state index in [2.05, 4.69) is 28.9 Å². The van der Waals surface area contributed by atoms with Gasteiger partial charge in [0.15, 0.2) is 23.4 Å². The summed E-state index contributed by atoms with van der Waals surface area (Å²) in [7, 11) is -6.24. The molecule has 3 rings (SSSR count). The molecule has 1 aromatic carbocycles. The number of carbonyl (C=O) groups excluding carboxylic acids is 2. The number of nitrogens with one attached hydrogen (secondary N) is 1. The number of carbonyl (C=O) groups is 2. The number of sulfone groups is 1. The van der Waals surface area contributed by atoms with Gasteiger partial charge < -0.3 is 10.6 Å². The number of primary amides is 1. The highest BCUT2D eigenvalue weighted by molar-refractivity contribution is 7.91. The van der Waals surface area contributed by atoms with Gasteiger partial charge in [-0.2, -0.15) is 5.10 Å². The number of rotatable bonds is 10. The first-order valence-electron chi connectivity index (χ1n) is 11.8. The van der Waals surface area contributed by atoms with Crippen molar-refractivity contribution in [2.24, 2.45) is 11.7 Å². The maximum absolute atomic E-state index is 13.5. The fourth-order valence-corrected chi connectivity index (χ4v) is 8.93. The van der Waals surface area contributed by atoms with Crippen LogP contribution in [0.4, 0.5) is 4.79 Å². The molecule has 1 fully saturated rings. The van der Waals surface area contributed by atoms with Gasteiger partial charge >= 0.3 is 0 Å². The first kappa shape index (κ1) is 26.4. The third-order valence-corrected chi connectivity index (χ3v) is 11.9. The van der Waals surface area contributed by atoms with Gasteiger partial charge in [-0.05, 0) is 29.7 Å². The number of nitrogens with zero attached hydrogens (tertiary/aromatic N) is 3. The van der Waals surface area contributed by atoms with Gasteiger partial charge in [0, 0.05) is 50.3 Å². The van der Waals surface area contributed by atoms with Crippen LogP contribution in [0, 0.1) is 5.92 Å². The van der Waals surface area contributed by atoms with Crippen LogP contribution < -0.4 is 5.73 Å². The molecule has 34 heavy (non-hydrogen) atoms. The molecule has 2 heterocycles. The number of nitrogens with two attached hydrogens (primary N) is 1. The molecular weight excluding hydrogens is 470 g/mol. The molecule has 2 aromatic rings. The molecule has 0 bridgehead atoms. The summed E-state index contributed by atoms with van der Waals surface area (Å²) < 4.78 is 27.1. The van der Waals surface area contributed by atoms with E-state index in [1.165, 1.54) is 0 Å². The lowest BCUT2D eigenvalue weighted by atomic mass is 10.1. The van der Waals surface area contributed by atoms with Crippen molar-refractivity contribution in [1.82, 2.24) is 20.0 Å². The normalized spacial score (nSPS) is 16.8. The first-order chi connectivity index (χ1) is 15.9. The molecule has 2 amide bonds. The van der Waals surface area contributed by atoms with E-state index in [0.717, 1.165) is 30.5 Å². The number of hydrogen-bond donors (Lipinski definition) is 2. The second kappa shape index (κ2) is 10.6. The second-order valence-corrected chi connectivity index (χ2v) is 17.4. The minimum Gasteiger partial charge on any atom is -0.374 e. The van der Waals surface area contributed by atoms with E-state index >= 15 is 0 Å². The summed E-state index contributed by atoms with van der Waals surface area (Å²) >= 11 is 0. The Kier molecular flexibility index (Phi) is 8.20. The van der Waals surface area contributed by atoms with E-state index in [9.17, 15) is 18.0 Å². The Morgan fingerprint density at radius 1 is 1.18 bits per heavy atom. The van der Waals surface area contributed by atoms with Gasteiger partial charge in [-0.15, -0.1) is 0 Å². The van der Waals surface area contributed by atoms with Gasteiger partial charge in [0.2, 0.25) is 5.91 Å². The van der Waals surface area contributed by atoms with Crippen molar-refractivity contribution >= 4 is 40.3 Å². The summed E-state index contributed by atoms with van der Waals surface area (Å²) in [5.74, 6) is 0.234. The summed E-state index contributed by atoms with van der Waals surface area (Å²) in [4.78, 5) is 29.1. The fraction of sp³-hybridized carbons (Fsp3) is 0.609. The van der Waals surface area contributed by atoms with Crippen LogP contribution >= 0.6 is 0 Å². The summed E-state index contributed by atoms with van der Waals surface area (Å²) in [6.07, 6.45) is 1.52. The standard InChI is InChI=1S/C23H37N5O4SSi/c1-17(2)16-27-7-9-28(10-8-27)22(29)14-21(18-5-6-20-19(13-18)15-25-26-20)33(31,32)11-12-34(3,4)23(24)30/h5-6,13,15,17,21H,7-12,14,16H2,1-4H3,(H2,24,30)(H,25,26). The Bertz CT molecular complexity index is 1120. The van der Waals surface area contributed by atoms with Gasteiger partial charge in [-0.3, -0.25) is 19.6 Å². The van der Waals surface area contributed by atoms with Gasteiger partial charge in [0.05, 0.1) is 17.0 Å². The largest absolute Gasteiger partial charge is 0.374 e. The lowest BCUT2D eigenvalue weighted by Crippen LogP contribution is -2.49. The first-order valence-corrected chi connectivity index (χ1v) is 16.8. The molecular formula is C23H37N5O4SSi. The summed E-state index contributed by atoms with van der Waals surface area (Å²) in [5.41, 5.74) is 6.47. The van der Waals surface area contributed by atoms with Crippen molar-refractivity contribution in [3.63, 3.8) is 0 Å². The number of piperazine rings is 1. The molecule has 0 saturated carbocycles. The van der Waals surface area contributed by atoms with Crippen LogP contribution in [0.25, 0.3) is 10.9 Å². The average Bonchev–Trinajstić information content (AvgIpc) is 3.24. The Morgan fingerprint density at radius 2 is 1.85 bits per heavy atom. The third kappa shape index (κ3) is 6.45. The Morgan fingerprint density at radius 3 is 2.47 bits per heavy atom. The lowest BCUT2D eigenvalue weighted by molar-refractivity contribution is -0.133. The molecule has 11 heteroatoms. The molecule has 1 atom stereocenters. The molecule has 0 spiro atoms. The molecule has 0 aliphatic carbocycles. The minimum absolute atomic E-state index is 0.117. The zero-order valence-corrected chi connectivity index (χ0v) is 22.4. The number of fused-ring (bicyclic) bond motifs is 1. The summed E-state index contributed by atoms with van der Waals surface area (Å²) in [6, 6.07) is 5.55. The molecule has 1 aliphatic heterocycles. The van der Waals surface area contributed by atoms with E-state index in [-0.39, 0.29) is 24.1 Å². The van der Waals surface area contributed by atoms with Crippen molar-refractivity contribution in [3.8, 4) is 0 Å². The topological polar surface area (TPSA) is 129 Å². The van der Waals surface area contributed by atoms with Crippen molar-refractivity contribution < 1.29 is 18.0 Å². The third-order valence-electron chi connectivity index (χ3n) is 6.66. The van der Waals surface area contributed by atoms with Crippen LogP contribution in [0.1, 0.15) is 31.1 Å². The van der Waals surface area contributed by atoms with Crippen molar-refractivity contribution in [2.75, 3.05) is 38.5 Å². The Hall–Kier alpha value is -2.24. The number of aromatic nitrogens is 2. The van der Waals surface area contributed by atoms with Crippen LogP contribution in [-0.4, -0.2) is 86.4 Å². The van der Waals surface area contributed by atoms with Gasteiger partial charge in [0.25, 0.3) is 0 Å². The number of hydrogen-bond acceptors (Lipinski definition) is 6. The highest BCUT2D eigenvalue weighted by atomic mass is 32.2. The highest BCUT2D eigenvalue weighted by Gasteiger charge is 2.36. The Balaban J connectivity index is 1.80. The predicted molar refractivity (Wildman–Crippen MR) is 137 cm³/mol. The maximum atomic E-state index is 13.5. The van der Waals surface area contributed by atoms with Crippen LogP contribution in [0.2, 0.25) is 19.1 Å². The van der Waals surface area contributed by atoms with Crippen LogP contribution in [-0.2, 0) is 14.6 Å². The highest BCUT2D eigenvalue weighted by Crippen LogP contribution is 2.31. The summed E-state index contributed by atoms with van der Waals surface area (Å²) in [6.45, 7) is 11.7. The molecule has 0 radical (unpaired) electrons. The van der Waals surface area contributed by atoms with E-state index < -0.39 is 28.7 Å². The molecule has 188 valence electrons. The molecule has 1 aromatic heterocycles. The molecule has 1 saturated heterocycles. The van der Waals surface area contributed by atoms with Crippen LogP contribution in [0.15, 0.2) is 24.4 Å². The molecule has 9 nitrogen and oxygen atoms in total. The van der Waals surface area contributed by atoms with E-state index in [1.807, 2.05) is 0 Å². The van der Waals surface area contributed by atoms with E-state index in [0.29, 0.717) is 24.6 Å². The molecule has 3 N–H and O–H groups in total. The van der Waals surface area contributed by atoms with Crippen molar-refractivity contribution in [2.45, 2.75) is 44.7 Å². The minimum atomic E-state index is -3.72. The SMILES string of the molecule is CC(C)CN1CCN(C(=O)CC(c2ccc3[nH]ncc3c2)S(=O)(=O)CC[Si](C)(C)C(N)=O)CC1. The summed E-state index contributed by atoms with van der Waals surface area (Å²) in [5, 5.41) is 6.69. The zero-order chi connectivity index (χ0) is 25.1. The fourth-order valence-electron chi connectivity index (χ4n) is 4.26. The molecule has 1 aliphatic rings. The zero-order valence-electron chi connectivity index (χ0n) is 20.6. The van der Waals surface area contributed by atoms with Crippen molar-refractivity contribution in [1.29, 1.82) is 0 Å². The monoisotopic (exact) mass is 507 g/mol. The van der Waals surface area contributed by atoms with Crippen LogP contribution in [0.3, 0.4) is 0 Å². The van der Waals surface area contributed by atoms with Gasteiger partial charge in [-0.1, -0.05) is 33.0 Å². The Labute approximate surface area is 203 Å². The van der Waals surface area contributed by atoms with Gasteiger partial charge in [-0.25, -0.2) is 8.42 Å². The number of benzene rings is 1. The quantitative estimate of drug-likeness (QED) is 0.476. The average molecular weight is 508 g/mol. The van der Waals surface area contributed by atoms with E-state index in [1.54, 1.807) is 42.4 Å². The number of aromatic amines is 1. The number of H-pyrrole nitrogens is 1. The van der Waals surface area contributed by atoms with Crippen LogP contribution in [0.5, 0.6) is 0 Å². The predicted octanol–water partition coefficient (Wildman–Crippen LogP) is 2.58. The smallest absolute Gasteiger partial charge is 0.224 e. The lowest BCUT2D eigenvalue weighted by Gasteiger charge is -2.36. The maximum Gasteiger partial charge on any atom is 0.224 e. The van der Waals surface area contributed by atoms with E-state index in [4.69, 9.17) is 5.73 Å². The number of amides is 2. The molecule has 1 unspecified atom stereocenters.